The van der Waals surface area contributed by atoms with Crippen LogP contribution in [0.2, 0.25) is 0 Å². The second-order valence-corrected chi connectivity index (χ2v) is 8.70. The number of nitrogen functional groups attached to an aromatic ring is 1. The fraction of sp³-hybridized carbons (Fsp3) is 0.154. The number of likely N-dealkylation sites (tertiary alicyclic amines) is 1. The molecule has 0 radical (unpaired) electrons. The molecule has 0 aliphatic carbocycles. The number of hydrogen-bond acceptors (Lipinski definition) is 8. The van der Waals surface area contributed by atoms with Crippen molar-refractivity contribution in [3.8, 4) is 11.1 Å². The van der Waals surface area contributed by atoms with E-state index in [1.165, 1.54) is 12.4 Å². The van der Waals surface area contributed by atoms with E-state index in [9.17, 15) is 9.59 Å². The van der Waals surface area contributed by atoms with Gasteiger partial charge >= 0.3 is 6.01 Å². The van der Waals surface area contributed by atoms with Crippen LogP contribution in [0.1, 0.15) is 23.0 Å². The Morgan fingerprint density at radius 2 is 1.97 bits per heavy atom. The Morgan fingerprint density at radius 3 is 2.78 bits per heavy atom. The summed E-state index contributed by atoms with van der Waals surface area (Å²) in [7, 11) is 0. The zero-order chi connectivity index (χ0) is 25.5. The van der Waals surface area contributed by atoms with Crippen LogP contribution in [0.5, 0.6) is 0 Å². The fourth-order valence-electron chi connectivity index (χ4n) is 4.63. The lowest BCUT2D eigenvalue weighted by Crippen LogP contribution is -2.27. The van der Waals surface area contributed by atoms with E-state index in [4.69, 9.17) is 10.2 Å². The number of benzene rings is 2. The predicted molar refractivity (Wildman–Crippen MR) is 138 cm³/mol. The number of rotatable bonds is 5. The van der Waals surface area contributed by atoms with Crippen molar-refractivity contribution < 1.29 is 14.0 Å². The molecule has 0 bridgehead atoms. The zero-order valence-electron chi connectivity index (χ0n) is 19.7. The molecule has 1 saturated heterocycles. The Hall–Kier alpha value is -5.06. The van der Waals surface area contributed by atoms with Crippen LogP contribution in [0.3, 0.4) is 0 Å². The first-order valence-corrected chi connectivity index (χ1v) is 11.7. The molecule has 1 atom stereocenters. The quantitative estimate of drug-likeness (QED) is 0.354. The normalized spacial score (nSPS) is 15.4. The van der Waals surface area contributed by atoms with Crippen molar-refractivity contribution in [2.24, 2.45) is 0 Å². The first-order valence-electron chi connectivity index (χ1n) is 11.7. The number of nitrogens with zero attached hydrogens (tertiary/aromatic N) is 6. The van der Waals surface area contributed by atoms with Crippen molar-refractivity contribution in [1.82, 2.24) is 29.6 Å². The first-order chi connectivity index (χ1) is 18.0. The molecule has 11 nitrogen and oxygen atoms in total. The number of carbonyl (C=O) groups excluding carboxylic acids is 2. The number of nitrogens with one attached hydrogen (secondary N) is 1. The highest BCUT2D eigenvalue weighted by Gasteiger charge is 2.31. The molecule has 2 amide bonds. The first kappa shape index (κ1) is 22.4. The number of anilines is 2. The Bertz CT molecular complexity index is 1670. The highest BCUT2D eigenvalue weighted by molar-refractivity contribution is 6.12. The Balaban J connectivity index is 1.31. The molecule has 4 heterocycles. The summed E-state index contributed by atoms with van der Waals surface area (Å²) in [6.45, 7) is 4.52. The molecule has 184 valence electrons. The number of amides is 2. The van der Waals surface area contributed by atoms with E-state index < -0.39 is 5.91 Å². The highest BCUT2D eigenvalue weighted by atomic mass is 16.4. The van der Waals surface area contributed by atoms with Gasteiger partial charge in [-0.1, -0.05) is 43.0 Å². The van der Waals surface area contributed by atoms with Crippen molar-refractivity contribution in [1.29, 1.82) is 0 Å². The van der Waals surface area contributed by atoms with Gasteiger partial charge in [-0.05, 0) is 35.8 Å². The molecule has 0 spiro atoms. The second-order valence-electron chi connectivity index (χ2n) is 8.70. The van der Waals surface area contributed by atoms with E-state index in [2.05, 4.69) is 31.9 Å². The summed E-state index contributed by atoms with van der Waals surface area (Å²) in [6.07, 6.45) is 3.26. The maximum absolute atomic E-state index is 13.3. The average molecular weight is 495 g/mol. The summed E-state index contributed by atoms with van der Waals surface area (Å²) in [4.78, 5) is 39.9. The van der Waals surface area contributed by atoms with Crippen LogP contribution in [0, 0.1) is 0 Å². The summed E-state index contributed by atoms with van der Waals surface area (Å²) in [5.74, 6) is -0.585. The van der Waals surface area contributed by atoms with Crippen molar-refractivity contribution in [3.63, 3.8) is 0 Å². The van der Waals surface area contributed by atoms with Gasteiger partial charge in [-0.25, -0.2) is 14.6 Å². The molecule has 11 heteroatoms. The van der Waals surface area contributed by atoms with Gasteiger partial charge in [-0.2, -0.15) is 10.1 Å². The number of aromatic nitrogens is 5. The summed E-state index contributed by atoms with van der Waals surface area (Å²) in [5.41, 5.74) is 9.76. The van der Waals surface area contributed by atoms with Crippen molar-refractivity contribution >= 4 is 45.8 Å². The third kappa shape index (κ3) is 3.96. The smallest absolute Gasteiger partial charge is 0.302 e. The monoisotopic (exact) mass is 494 g/mol. The lowest BCUT2D eigenvalue weighted by Gasteiger charge is -2.14. The van der Waals surface area contributed by atoms with Crippen molar-refractivity contribution in [2.75, 3.05) is 24.1 Å². The molecule has 1 aliphatic heterocycles. The summed E-state index contributed by atoms with van der Waals surface area (Å²) in [5, 5.41) is 7.56. The Labute approximate surface area is 210 Å². The van der Waals surface area contributed by atoms with Crippen molar-refractivity contribution in [3.05, 3.63) is 73.2 Å². The lowest BCUT2D eigenvalue weighted by atomic mass is 10.1. The average Bonchev–Trinajstić information content (AvgIpc) is 3.65. The minimum absolute atomic E-state index is 0.0342. The zero-order valence-corrected chi connectivity index (χ0v) is 19.7. The largest absolute Gasteiger partial charge is 0.423 e. The molecule has 1 aliphatic rings. The van der Waals surface area contributed by atoms with Crippen LogP contribution in [0.4, 0.5) is 11.8 Å². The van der Waals surface area contributed by atoms with Gasteiger partial charge in [0.05, 0.1) is 11.4 Å². The molecular formula is C26H22N8O3. The van der Waals surface area contributed by atoms with E-state index in [1.807, 2.05) is 48.5 Å². The standard InChI is InChI=1S/C26H22N8O3/c1-2-20(35)33-11-10-17(13-33)34-24-21(23(27)28-14-29-24)22(32-34)25(36)31-26-30-18-12-16(8-9-19(18)37-26)15-6-4-3-5-7-15/h2-9,12,14,17H,1,10-11,13H2,(H2,27,28,29)(H,30,31,36). The topological polar surface area (TPSA) is 145 Å². The number of fused-ring (bicyclic) bond motifs is 2. The molecular weight excluding hydrogens is 472 g/mol. The van der Waals surface area contributed by atoms with Gasteiger partial charge in [0.15, 0.2) is 16.9 Å². The highest BCUT2D eigenvalue weighted by Crippen LogP contribution is 2.30. The van der Waals surface area contributed by atoms with E-state index in [0.717, 1.165) is 11.1 Å². The van der Waals surface area contributed by atoms with Crippen LogP contribution < -0.4 is 11.1 Å². The van der Waals surface area contributed by atoms with Gasteiger partial charge in [0, 0.05) is 13.1 Å². The molecule has 3 aromatic heterocycles. The lowest BCUT2D eigenvalue weighted by molar-refractivity contribution is -0.125. The number of nitrogens with two attached hydrogens (primary N) is 1. The van der Waals surface area contributed by atoms with E-state index in [-0.39, 0.29) is 29.5 Å². The van der Waals surface area contributed by atoms with Gasteiger partial charge in [0.2, 0.25) is 5.91 Å². The van der Waals surface area contributed by atoms with Crippen LogP contribution in [0.15, 0.2) is 71.9 Å². The minimum atomic E-state index is -0.558. The van der Waals surface area contributed by atoms with Gasteiger partial charge < -0.3 is 15.1 Å². The summed E-state index contributed by atoms with van der Waals surface area (Å²) in [6, 6.07) is 15.4. The number of oxazole rings is 1. The molecule has 37 heavy (non-hydrogen) atoms. The van der Waals surface area contributed by atoms with Crippen LogP contribution in [0.25, 0.3) is 33.3 Å². The molecule has 1 unspecified atom stereocenters. The summed E-state index contributed by atoms with van der Waals surface area (Å²) >= 11 is 0. The maximum Gasteiger partial charge on any atom is 0.302 e. The Kier molecular flexibility index (Phi) is 5.37. The van der Waals surface area contributed by atoms with Crippen molar-refractivity contribution in [2.45, 2.75) is 12.5 Å². The van der Waals surface area contributed by atoms with E-state index in [0.29, 0.717) is 41.6 Å². The van der Waals surface area contributed by atoms with Crippen LogP contribution in [-0.4, -0.2) is 54.5 Å². The van der Waals surface area contributed by atoms with Gasteiger partial charge in [-0.3, -0.25) is 14.9 Å². The van der Waals surface area contributed by atoms with Crippen LogP contribution >= 0.6 is 0 Å². The van der Waals surface area contributed by atoms with Gasteiger partial charge in [0.1, 0.15) is 17.7 Å². The Morgan fingerprint density at radius 1 is 1.14 bits per heavy atom. The molecule has 5 aromatic rings. The fourth-order valence-corrected chi connectivity index (χ4v) is 4.63. The van der Waals surface area contributed by atoms with E-state index in [1.54, 1.807) is 9.58 Å². The third-order valence-electron chi connectivity index (χ3n) is 6.44. The molecule has 1 fully saturated rings. The predicted octanol–water partition coefficient (Wildman–Crippen LogP) is 3.43. The van der Waals surface area contributed by atoms with Gasteiger partial charge in [0.25, 0.3) is 5.91 Å². The number of hydrogen-bond donors (Lipinski definition) is 2. The van der Waals surface area contributed by atoms with E-state index >= 15 is 0 Å². The molecule has 6 rings (SSSR count). The number of carbonyl (C=O) groups is 2. The molecule has 0 saturated carbocycles. The second kappa shape index (κ2) is 8.86. The third-order valence-corrected chi connectivity index (χ3v) is 6.44. The SMILES string of the molecule is C=CC(=O)N1CCC(n2nc(C(=O)Nc3nc4cc(-c5ccccc5)ccc4o3)c3c(N)ncnc32)C1. The van der Waals surface area contributed by atoms with Crippen LogP contribution in [-0.2, 0) is 4.79 Å². The minimum Gasteiger partial charge on any atom is -0.423 e. The molecule has 3 N–H and O–H groups in total. The molecule has 2 aromatic carbocycles. The van der Waals surface area contributed by atoms with Gasteiger partial charge in [-0.15, -0.1) is 0 Å². The summed E-state index contributed by atoms with van der Waals surface area (Å²) < 4.78 is 7.39. The maximum atomic E-state index is 13.3.